The van der Waals surface area contributed by atoms with Crippen LogP contribution in [0, 0.1) is 0 Å². The SMILES string of the molecule is CCC[C@@H](C)Oc1nc(N)c2c(n1)N(CCC1CCCCO1)C(=O)C2. The molecule has 2 atom stereocenters. The topological polar surface area (TPSA) is 90.6 Å². The number of ether oxygens (including phenoxy) is 2. The molecule has 3 heterocycles. The van der Waals surface area contributed by atoms with Gasteiger partial charge >= 0.3 is 6.01 Å². The van der Waals surface area contributed by atoms with Crippen molar-refractivity contribution in [3.63, 3.8) is 0 Å². The van der Waals surface area contributed by atoms with Crippen molar-refractivity contribution < 1.29 is 14.3 Å². The second kappa shape index (κ2) is 7.99. The molecule has 25 heavy (non-hydrogen) atoms. The van der Waals surface area contributed by atoms with Crippen LogP contribution in [0.15, 0.2) is 0 Å². The Bertz CT molecular complexity index is 617. The minimum absolute atomic E-state index is 0.0173. The predicted molar refractivity (Wildman–Crippen MR) is 95.7 cm³/mol. The zero-order chi connectivity index (χ0) is 17.8. The first-order valence-electron chi connectivity index (χ1n) is 9.33. The van der Waals surface area contributed by atoms with Gasteiger partial charge in [-0.1, -0.05) is 13.3 Å². The Balaban J connectivity index is 1.72. The molecule has 0 spiro atoms. The minimum Gasteiger partial charge on any atom is -0.460 e. The zero-order valence-electron chi connectivity index (χ0n) is 15.2. The summed E-state index contributed by atoms with van der Waals surface area (Å²) in [5.74, 6) is 0.964. The first kappa shape index (κ1) is 17.9. The normalized spacial score (nSPS) is 21.3. The summed E-state index contributed by atoms with van der Waals surface area (Å²) in [7, 11) is 0. The van der Waals surface area contributed by atoms with Crippen LogP contribution in [0.5, 0.6) is 6.01 Å². The molecular formula is C18H28N4O3. The molecule has 2 aliphatic heterocycles. The third-order valence-corrected chi connectivity index (χ3v) is 4.83. The van der Waals surface area contributed by atoms with Crippen molar-refractivity contribution in [2.24, 2.45) is 0 Å². The highest BCUT2D eigenvalue weighted by Crippen LogP contribution is 2.33. The molecule has 7 nitrogen and oxygen atoms in total. The van der Waals surface area contributed by atoms with E-state index in [1.165, 1.54) is 6.42 Å². The number of aromatic nitrogens is 2. The van der Waals surface area contributed by atoms with Crippen LogP contribution < -0.4 is 15.4 Å². The van der Waals surface area contributed by atoms with Gasteiger partial charge in [-0.05, 0) is 39.0 Å². The van der Waals surface area contributed by atoms with Crippen LogP contribution in [0.1, 0.15) is 57.9 Å². The summed E-state index contributed by atoms with van der Waals surface area (Å²) in [4.78, 5) is 22.8. The highest BCUT2D eigenvalue weighted by molar-refractivity contribution is 6.01. The Morgan fingerprint density at radius 1 is 1.40 bits per heavy atom. The molecule has 1 unspecified atom stereocenters. The van der Waals surface area contributed by atoms with Crippen molar-refractivity contribution in [3.8, 4) is 6.01 Å². The number of nitrogens with zero attached hydrogens (tertiary/aromatic N) is 3. The Kier molecular flexibility index (Phi) is 5.73. The van der Waals surface area contributed by atoms with Gasteiger partial charge in [-0.3, -0.25) is 9.69 Å². The standard InChI is InChI=1S/C18H28N4O3/c1-3-6-12(2)25-18-20-16(19)14-11-15(23)22(17(14)21-18)9-8-13-7-4-5-10-24-13/h12-13H,3-11H2,1-2H3,(H2,19,20,21)/t12-,13?/m1/s1. The average molecular weight is 348 g/mol. The number of hydrogen-bond donors (Lipinski definition) is 1. The number of nitrogen functional groups attached to an aromatic ring is 1. The van der Waals surface area contributed by atoms with Gasteiger partial charge in [0.15, 0.2) is 0 Å². The lowest BCUT2D eigenvalue weighted by molar-refractivity contribution is -0.117. The third-order valence-electron chi connectivity index (χ3n) is 4.83. The summed E-state index contributed by atoms with van der Waals surface area (Å²) in [6.45, 7) is 5.50. The summed E-state index contributed by atoms with van der Waals surface area (Å²) < 4.78 is 11.5. The first-order chi connectivity index (χ1) is 12.1. The molecule has 138 valence electrons. The summed E-state index contributed by atoms with van der Waals surface area (Å²) in [6.07, 6.45) is 6.64. The molecule has 0 radical (unpaired) electrons. The first-order valence-corrected chi connectivity index (χ1v) is 9.33. The Morgan fingerprint density at radius 2 is 2.24 bits per heavy atom. The molecule has 1 aromatic rings. The third kappa shape index (κ3) is 4.21. The molecule has 0 aromatic carbocycles. The van der Waals surface area contributed by atoms with Crippen molar-refractivity contribution in [2.75, 3.05) is 23.8 Å². The van der Waals surface area contributed by atoms with E-state index in [0.717, 1.165) is 38.7 Å². The van der Waals surface area contributed by atoms with Crippen LogP contribution >= 0.6 is 0 Å². The van der Waals surface area contributed by atoms with Crippen LogP contribution in [-0.2, 0) is 16.0 Å². The minimum atomic E-state index is 0.0173. The second-order valence-corrected chi connectivity index (χ2v) is 6.91. The van der Waals surface area contributed by atoms with E-state index in [4.69, 9.17) is 15.2 Å². The van der Waals surface area contributed by atoms with E-state index in [0.29, 0.717) is 23.7 Å². The Labute approximate surface area is 148 Å². The molecule has 1 aromatic heterocycles. The average Bonchev–Trinajstić information content (AvgIpc) is 2.90. The van der Waals surface area contributed by atoms with Gasteiger partial charge in [-0.15, -0.1) is 0 Å². The number of nitrogens with two attached hydrogens (primary N) is 1. The molecule has 2 aliphatic rings. The Hall–Kier alpha value is -1.89. The van der Waals surface area contributed by atoms with Crippen LogP contribution in [0.3, 0.4) is 0 Å². The van der Waals surface area contributed by atoms with Gasteiger partial charge in [0.1, 0.15) is 11.6 Å². The Morgan fingerprint density at radius 3 is 2.96 bits per heavy atom. The summed E-state index contributed by atoms with van der Waals surface area (Å²) in [5, 5.41) is 0. The van der Waals surface area contributed by atoms with Crippen molar-refractivity contribution in [2.45, 2.75) is 71.0 Å². The molecular weight excluding hydrogens is 320 g/mol. The monoisotopic (exact) mass is 348 g/mol. The largest absolute Gasteiger partial charge is 0.460 e. The molecule has 1 saturated heterocycles. The highest BCUT2D eigenvalue weighted by Gasteiger charge is 2.32. The molecule has 7 heteroatoms. The lowest BCUT2D eigenvalue weighted by atomic mass is 10.1. The van der Waals surface area contributed by atoms with Gasteiger partial charge < -0.3 is 15.2 Å². The van der Waals surface area contributed by atoms with Crippen LogP contribution in [0.25, 0.3) is 0 Å². The highest BCUT2D eigenvalue weighted by atomic mass is 16.5. The van der Waals surface area contributed by atoms with Crippen molar-refractivity contribution >= 4 is 17.5 Å². The molecule has 1 amide bonds. The summed E-state index contributed by atoms with van der Waals surface area (Å²) >= 11 is 0. The number of anilines is 2. The fourth-order valence-electron chi connectivity index (χ4n) is 3.46. The van der Waals surface area contributed by atoms with Crippen molar-refractivity contribution in [3.05, 3.63) is 5.56 Å². The van der Waals surface area contributed by atoms with Gasteiger partial charge in [-0.25, -0.2) is 0 Å². The van der Waals surface area contributed by atoms with Crippen LogP contribution in [-0.4, -0.2) is 41.2 Å². The fraction of sp³-hybridized carbons (Fsp3) is 0.722. The maximum atomic E-state index is 12.4. The van der Waals surface area contributed by atoms with Gasteiger partial charge in [0.25, 0.3) is 0 Å². The molecule has 3 rings (SSSR count). The van der Waals surface area contributed by atoms with Crippen molar-refractivity contribution in [1.82, 2.24) is 9.97 Å². The van der Waals surface area contributed by atoms with E-state index in [1.807, 2.05) is 6.92 Å². The van der Waals surface area contributed by atoms with E-state index in [9.17, 15) is 4.79 Å². The number of carbonyl (C=O) groups excluding carboxylic acids is 1. The van der Waals surface area contributed by atoms with Crippen LogP contribution in [0.4, 0.5) is 11.6 Å². The molecule has 2 N–H and O–H groups in total. The summed E-state index contributed by atoms with van der Waals surface area (Å²) in [6, 6.07) is 0.255. The van der Waals surface area contributed by atoms with E-state index in [2.05, 4.69) is 16.9 Å². The number of fused-ring (bicyclic) bond motifs is 1. The van der Waals surface area contributed by atoms with Crippen molar-refractivity contribution in [1.29, 1.82) is 0 Å². The van der Waals surface area contributed by atoms with Crippen LogP contribution in [0.2, 0.25) is 0 Å². The quantitative estimate of drug-likeness (QED) is 0.814. The van der Waals surface area contributed by atoms with Gasteiger partial charge in [0, 0.05) is 18.7 Å². The number of amides is 1. The molecule has 1 fully saturated rings. The maximum absolute atomic E-state index is 12.4. The smallest absolute Gasteiger partial charge is 0.320 e. The van der Waals surface area contributed by atoms with E-state index >= 15 is 0 Å². The van der Waals surface area contributed by atoms with Gasteiger partial charge in [-0.2, -0.15) is 9.97 Å². The van der Waals surface area contributed by atoms with Gasteiger partial charge in [0.2, 0.25) is 5.91 Å². The molecule has 0 saturated carbocycles. The second-order valence-electron chi connectivity index (χ2n) is 6.91. The van der Waals surface area contributed by atoms with E-state index in [-0.39, 0.29) is 30.5 Å². The van der Waals surface area contributed by atoms with Gasteiger partial charge in [0.05, 0.1) is 18.6 Å². The summed E-state index contributed by atoms with van der Waals surface area (Å²) in [5.41, 5.74) is 6.76. The number of carbonyl (C=O) groups is 1. The number of hydrogen-bond acceptors (Lipinski definition) is 6. The zero-order valence-corrected chi connectivity index (χ0v) is 15.2. The lowest BCUT2D eigenvalue weighted by Crippen LogP contribution is -2.32. The number of rotatable bonds is 7. The van der Waals surface area contributed by atoms with E-state index in [1.54, 1.807) is 4.90 Å². The van der Waals surface area contributed by atoms with E-state index < -0.39 is 0 Å². The fourth-order valence-corrected chi connectivity index (χ4v) is 3.46. The predicted octanol–water partition coefficient (Wildman–Crippen LogP) is 2.47. The molecule has 0 aliphatic carbocycles. The maximum Gasteiger partial charge on any atom is 0.320 e. The lowest BCUT2D eigenvalue weighted by Gasteiger charge is -2.25. The molecule has 0 bridgehead atoms.